The van der Waals surface area contributed by atoms with Gasteiger partial charge >= 0.3 is 0 Å². The zero-order chi connectivity index (χ0) is 8.08. The molecule has 0 aromatic heterocycles. The van der Waals surface area contributed by atoms with Gasteiger partial charge in [-0.25, -0.2) is 0 Å². The molecule has 0 spiro atoms. The van der Waals surface area contributed by atoms with Crippen molar-refractivity contribution in [1.29, 1.82) is 0 Å². The normalized spacial score (nSPS) is 12.2. The molecule has 0 aliphatic heterocycles. The molecule has 0 bridgehead atoms. The molecule has 0 rings (SSSR count). The lowest BCUT2D eigenvalue weighted by Crippen LogP contribution is -1.74. The van der Waals surface area contributed by atoms with Crippen molar-refractivity contribution in [3.63, 3.8) is 0 Å². The highest BCUT2D eigenvalue weighted by Gasteiger charge is 2.03. The molecule has 0 radical (unpaired) electrons. The summed E-state index contributed by atoms with van der Waals surface area (Å²) in [5.41, 5.74) is 0. The van der Waals surface area contributed by atoms with E-state index in [2.05, 4.69) is 26.7 Å². The Morgan fingerprint density at radius 1 is 1.20 bits per heavy atom. The van der Waals surface area contributed by atoms with Crippen LogP contribution in [0.15, 0.2) is 0 Å². The monoisotopic (exact) mass is 187 g/mol. The van der Waals surface area contributed by atoms with Gasteiger partial charge in [-0.2, -0.15) is 0 Å². The van der Waals surface area contributed by atoms with Crippen molar-refractivity contribution in [3.8, 4) is 0 Å². The second-order valence-corrected chi connectivity index (χ2v) is 9.25. The third kappa shape index (κ3) is 1910. The van der Waals surface area contributed by atoms with Crippen molar-refractivity contribution in [2.45, 2.75) is 0 Å². The van der Waals surface area contributed by atoms with E-state index >= 15 is 0 Å². The first-order valence-corrected chi connectivity index (χ1v) is 7.59. The predicted octanol–water partition coefficient (Wildman–Crippen LogP) is 0.842. The second kappa shape index (κ2) is 7.61. The van der Waals surface area contributed by atoms with Crippen LogP contribution in [0.2, 0.25) is 0 Å². The molecule has 5 heteroatoms. The lowest BCUT2D eigenvalue weighted by Gasteiger charge is -1.97. The first-order chi connectivity index (χ1) is 3.73. The number of hydrogen-bond acceptors (Lipinski definition) is 3. The van der Waals surface area contributed by atoms with Gasteiger partial charge in [0.1, 0.15) is 0 Å². The van der Waals surface area contributed by atoms with Gasteiger partial charge in [0.05, 0.1) is 0 Å². The maximum absolute atomic E-state index is 9.00. The molecule has 0 aromatic carbocycles. The summed E-state index contributed by atoms with van der Waals surface area (Å²) in [6.45, 7) is 9.19. The molecule has 1 unspecified atom stereocenters. The van der Waals surface area contributed by atoms with Crippen molar-refractivity contribution < 1.29 is 14.2 Å². The molecule has 0 fully saturated rings. The summed E-state index contributed by atoms with van der Waals surface area (Å²) in [5.74, 6) is 0. The van der Waals surface area contributed by atoms with E-state index in [0.717, 1.165) is 6.26 Å². The van der Waals surface area contributed by atoms with Crippen LogP contribution < -0.4 is 0 Å². The van der Waals surface area contributed by atoms with Gasteiger partial charge in [0.2, 0.25) is 0 Å². The average Bonchev–Trinajstić information content (AvgIpc) is 1.19. The van der Waals surface area contributed by atoms with Gasteiger partial charge in [0.25, 0.3) is 0 Å². The van der Waals surface area contributed by atoms with E-state index in [-0.39, 0.29) is 12.7 Å². The van der Waals surface area contributed by atoms with Crippen molar-refractivity contribution in [1.82, 2.24) is 0 Å². The lowest BCUT2D eigenvalue weighted by atomic mass is 11.8. The van der Waals surface area contributed by atoms with Gasteiger partial charge in [0.15, 0.2) is 0 Å². The Kier molecular flexibility index (Phi) is 12.8. The summed E-state index contributed by atoms with van der Waals surface area (Å²) >= 11 is -1.86. The SMILES string of the molecule is CS(=O)[O-].C[P+](C)(C)C.[OH-]. The molecule has 3 nitrogen and oxygen atoms in total. The molecule has 1 N–H and O–H groups in total. The van der Waals surface area contributed by atoms with Crippen LogP contribution in [-0.4, -0.2) is 47.2 Å². The zero-order valence-corrected chi connectivity index (χ0v) is 8.83. The first kappa shape index (κ1) is 16.8. The summed E-state index contributed by atoms with van der Waals surface area (Å²) in [4.78, 5) is 0. The van der Waals surface area contributed by atoms with Crippen molar-refractivity contribution in [2.24, 2.45) is 0 Å². The summed E-state index contributed by atoms with van der Waals surface area (Å²) in [6.07, 6.45) is 1.08. The standard InChI is InChI=1S/C4H12P.CH4O2S.H2O/c1-5(2,3)4;1-4(2)3;/h1-4H3;1H3,(H,2,3);1H2/q+1;;/p-2. The molecule has 1 atom stereocenters. The van der Waals surface area contributed by atoms with Crippen LogP contribution in [0.4, 0.5) is 0 Å². The van der Waals surface area contributed by atoms with Gasteiger partial charge < -0.3 is 10.0 Å². The Hall–Kier alpha value is 0.500. The number of rotatable bonds is 0. The molecule has 66 valence electrons. The Morgan fingerprint density at radius 2 is 1.20 bits per heavy atom. The minimum Gasteiger partial charge on any atom is -0.870 e. The zero-order valence-electron chi connectivity index (χ0n) is 7.12. The fourth-order valence-corrected chi connectivity index (χ4v) is 0. The second-order valence-electron chi connectivity index (χ2n) is 3.08. The maximum atomic E-state index is 9.00. The van der Waals surface area contributed by atoms with Gasteiger partial charge in [-0.05, 0) is 6.26 Å². The van der Waals surface area contributed by atoms with Crippen molar-refractivity contribution in [3.05, 3.63) is 0 Å². The molecule has 0 amide bonds. The lowest BCUT2D eigenvalue weighted by molar-refractivity contribution is 0.543. The van der Waals surface area contributed by atoms with Gasteiger partial charge in [-0.1, -0.05) is 11.1 Å². The highest BCUT2D eigenvalue weighted by molar-refractivity contribution is 7.78. The summed E-state index contributed by atoms with van der Waals surface area (Å²) in [5, 5.41) is 0. The molecule has 0 heterocycles. The third-order valence-electron chi connectivity index (χ3n) is 0. The van der Waals surface area contributed by atoms with Crippen LogP contribution in [0.5, 0.6) is 0 Å². The van der Waals surface area contributed by atoms with E-state index in [1.54, 1.807) is 0 Å². The smallest absolute Gasteiger partial charge is 0.0481 e. The van der Waals surface area contributed by atoms with Crippen LogP contribution >= 0.6 is 7.26 Å². The Morgan fingerprint density at radius 3 is 1.20 bits per heavy atom. The topological polar surface area (TPSA) is 70.1 Å². The van der Waals surface area contributed by atoms with Crippen molar-refractivity contribution in [2.75, 3.05) is 32.9 Å². The first-order valence-electron chi connectivity index (χ1n) is 2.53. The largest absolute Gasteiger partial charge is 0.870 e. The Labute approximate surface area is 66.1 Å². The minimum atomic E-state index is -1.86. The molecular formula is C5H16O3PS-. The highest BCUT2D eigenvalue weighted by Crippen LogP contribution is 2.40. The van der Waals surface area contributed by atoms with E-state index in [9.17, 15) is 0 Å². The molecule has 0 saturated carbocycles. The van der Waals surface area contributed by atoms with E-state index in [4.69, 9.17) is 8.76 Å². The quantitative estimate of drug-likeness (QED) is 0.417. The van der Waals surface area contributed by atoms with Crippen LogP contribution in [0.1, 0.15) is 0 Å². The van der Waals surface area contributed by atoms with E-state index in [1.165, 1.54) is 0 Å². The summed E-state index contributed by atoms with van der Waals surface area (Å²) in [7, 11) is -0.389. The van der Waals surface area contributed by atoms with E-state index in [0.29, 0.717) is 0 Å². The fourth-order valence-electron chi connectivity index (χ4n) is 0. The maximum Gasteiger partial charge on any atom is 0.0481 e. The highest BCUT2D eigenvalue weighted by atomic mass is 32.2. The van der Waals surface area contributed by atoms with E-state index in [1.807, 2.05) is 0 Å². The minimum absolute atomic E-state index is 0. The van der Waals surface area contributed by atoms with Crippen molar-refractivity contribution >= 4 is 18.3 Å². The molecule has 10 heavy (non-hydrogen) atoms. The van der Waals surface area contributed by atoms with Gasteiger partial charge in [0, 0.05) is 33.9 Å². The Balaban J connectivity index is -0.0000000910. The molecule has 0 aliphatic carbocycles. The van der Waals surface area contributed by atoms with Crippen LogP contribution in [0, 0.1) is 0 Å². The fraction of sp³-hybridized carbons (Fsp3) is 1.00. The molecule has 0 saturated heterocycles. The molecule has 0 aromatic rings. The van der Waals surface area contributed by atoms with Crippen LogP contribution in [0.25, 0.3) is 0 Å². The Bertz CT molecular complexity index is 79.4. The van der Waals surface area contributed by atoms with Crippen LogP contribution in [-0.2, 0) is 11.1 Å². The summed E-state index contributed by atoms with van der Waals surface area (Å²) in [6, 6.07) is 0. The average molecular weight is 187 g/mol. The molecular weight excluding hydrogens is 171 g/mol. The van der Waals surface area contributed by atoms with Gasteiger partial charge in [-0.3, -0.25) is 4.21 Å². The summed E-state index contributed by atoms with van der Waals surface area (Å²) < 4.78 is 18.0. The number of hydrogen-bond donors (Lipinski definition) is 0. The molecule has 0 aliphatic rings. The van der Waals surface area contributed by atoms with Crippen LogP contribution in [0.3, 0.4) is 0 Å². The van der Waals surface area contributed by atoms with E-state index < -0.39 is 11.1 Å². The third-order valence-corrected chi connectivity index (χ3v) is 0. The predicted molar refractivity (Wildman–Crippen MR) is 47.4 cm³/mol. The van der Waals surface area contributed by atoms with Gasteiger partial charge in [-0.15, -0.1) is 0 Å².